The molecular weight excluding hydrogens is 360 g/mol. The highest BCUT2D eigenvalue weighted by Crippen LogP contribution is 2.25. The maximum atomic E-state index is 11.9. The first-order valence-corrected chi connectivity index (χ1v) is 8.82. The number of pyridine rings is 1. The zero-order chi connectivity index (χ0) is 17.8. The molecular formula is C17H15ClN4O2S. The Hall–Kier alpha value is -2.38. The van der Waals surface area contributed by atoms with Crippen LogP contribution in [0.1, 0.15) is 11.1 Å². The van der Waals surface area contributed by atoms with E-state index in [1.807, 2.05) is 26.0 Å². The third-order valence-corrected chi connectivity index (χ3v) is 4.24. The first kappa shape index (κ1) is 17.4. The molecule has 2 aromatic heterocycles. The Labute approximate surface area is 154 Å². The lowest BCUT2D eigenvalue weighted by Crippen LogP contribution is -2.14. The number of anilines is 1. The smallest absolute Gasteiger partial charge is 0.277 e. The molecule has 0 aliphatic heterocycles. The number of hydrogen-bond donors (Lipinski definition) is 1. The molecule has 128 valence electrons. The van der Waals surface area contributed by atoms with E-state index in [1.54, 1.807) is 12.1 Å². The van der Waals surface area contributed by atoms with Crippen LogP contribution in [-0.2, 0) is 4.79 Å². The molecule has 3 aromatic rings. The van der Waals surface area contributed by atoms with E-state index in [-0.39, 0.29) is 11.7 Å². The van der Waals surface area contributed by atoms with E-state index in [0.29, 0.717) is 22.0 Å². The second-order valence-corrected chi connectivity index (χ2v) is 6.81. The number of benzene rings is 1. The second kappa shape index (κ2) is 7.67. The van der Waals surface area contributed by atoms with Crippen molar-refractivity contribution in [3.05, 3.63) is 52.7 Å². The van der Waals surface area contributed by atoms with Crippen molar-refractivity contribution in [3.8, 4) is 11.5 Å². The van der Waals surface area contributed by atoms with Crippen LogP contribution in [-0.4, -0.2) is 26.8 Å². The van der Waals surface area contributed by atoms with Gasteiger partial charge in [0.25, 0.3) is 5.22 Å². The number of halogens is 1. The van der Waals surface area contributed by atoms with Crippen molar-refractivity contribution in [2.24, 2.45) is 0 Å². The lowest BCUT2D eigenvalue weighted by atomic mass is 10.1. The minimum atomic E-state index is -0.217. The third-order valence-electron chi connectivity index (χ3n) is 3.20. The molecule has 1 aromatic carbocycles. The van der Waals surface area contributed by atoms with Crippen LogP contribution in [0.3, 0.4) is 0 Å². The number of amides is 1. The molecule has 0 aliphatic carbocycles. The van der Waals surface area contributed by atoms with Crippen molar-refractivity contribution >= 4 is 35.1 Å². The van der Waals surface area contributed by atoms with Gasteiger partial charge in [-0.3, -0.25) is 4.79 Å². The van der Waals surface area contributed by atoms with Crippen LogP contribution >= 0.6 is 23.4 Å². The molecule has 1 N–H and O–H groups in total. The maximum absolute atomic E-state index is 11.9. The largest absolute Gasteiger partial charge is 0.411 e. The summed E-state index contributed by atoms with van der Waals surface area (Å²) in [4.78, 5) is 16.0. The van der Waals surface area contributed by atoms with Gasteiger partial charge in [-0.15, -0.1) is 10.2 Å². The Balaban J connectivity index is 1.59. The lowest BCUT2D eigenvalue weighted by molar-refractivity contribution is -0.113. The minimum Gasteiger partial charge on any atom is -0.411 e. The molecule has 0 saturated heterocycles. The van der Waals surface area contributed by atoms with Crippen molar-refractivity contribution in [1.82, 2.24) is 15.2 Å². The number of carbonyl (C=O) groups is 1. The predicted octanol–water partition coefficient (Wildman–Crippen LogP) is 4.13. The Morgan fingerprint density at radius 2 is 1.96 bits per heavy atom. The molecule has 0 spiro atoms. The number of rotatable bonds is 5. The van der Waals surface area contributed by atoms with E-state index in [2.05, 4.69) is 26.6 Å². The van der Waals surface area contributed by atoms with Gasteiger partial charge in [0.1, 0.15) is 5.82 Å². The summed E-state index contributed by atoms with van der Waals surface area (Å²) in [5.41, 5.74) is 3.11. The SMILES string of the molecule is Cc1cc(C)cc(-c2nnc(SCC(=O)Nc3ccc(Cl)cn3)o2)c1. The molecule has 0 atom stereocenters. The molecule has 0 saturated carbocycles. The Morgan fingerprint density at radius 3 is 2.64 bits per heavy atom. The summed E-state index contributed by atoms with van der Waals surface area (Å²) in [7, 11) is 0. The van der Waals surface area contributed by atoms with E-state index < -0.39 is 0 Å². The standard InChI is InChI=1S/C17H15ClN4O2S/c1-10-5-11(2)7-12(6-10)16-21-22-17(24-16)25-9-15(23)20-14-4-3-13(18)8-19-14/h3-8H,9H2,1-2H3,(H,19,20,23). The van der Waals surface area contributed by atoms with E-state index in [1.165, 1.54) is 18.0 Å². The van der Waals surface area contributed by atoms with Gasteiger partial charge < -0.3 is 9.73 Å². The van der Waals surface area contributed by atoms with Crippen molar-refractivity contribution in [3.63, 3.8) is 0 Å². The molecule has 3 rings (SSSR count). The summed E-state index contributed by atoms with van der Waals surface area (Å²) in [5, 5.41) is 11.5. The molecule has 25 heavy (non-hydrogen) atoms. The summed E-state index contributed by atoms with van der Waals surface area (Å²) in [6, 6.07) is 9.33. The van der Waals surface area contributed by atoms with Crippen molar-refractivity contribution in [2.75, 3.05) is 11.1 Å². The summed E-state index contributed by atoms with van der Waals surface area (Å²) in [6.07, 6.45) is 1.47. The number of carbonyl (C=O) groups excluding carboxylic acids is 1. The van der Waals surface area contributed by atoms with Crippen LogP contribution in [0.4, 0.5) is 5.82 Å². The van der Waals surface area contributed by atoms with Crippen molar-refractivity contribution in [1.29, 1.82) is 0 Å². The van der Waals surface area contributed by atoms with Crippen LogP contribution in [0.5, 0.6) is 0 Å². The highest BCUT2D eigenvalue weighted by Gasteiger charge is 2.12. The Bertz CT molecular complexity index is 876. The van der Waals surface area contributed by atoms with Crippen LogP contribution in [0.25, 0.3) is 11.5 Å². The number of hydrogen-bond acceptors (Lipinski definition) is 6. The zero-order valence-corrected chi connectivity index (χ0v) is 15.2. The van der Waals surface area contributed by atoms with Gasteiger partial charge in [0, 0.05) is 11.8 Å². The number of nitrogens with one attached hydrogen (secondary N) is 1. The number of aryl methyl sites for hydroxylation is 2. The summed E-state index contributed by atoms with van der Waals surface area (Å²) in [6.45, 7) is 4.02. The quantitative estimate of drug-likeness (QED) is 0.676. The number of aromatic nitrogens is 3. The third kappa shape index (κ3) is 4.80. The van der Waals surface area contributed by atoms with Gasteiger partial charge in [-0.2, -0.15) is 0 Å². The Kier molecular flexibility index (Phi) is 5.35. The molecule has 1 amide bonds. The Morgan fingerprint density at radius 1 is 1.20 bits per heavy atom. The molecule has 2 heterocycles. The summed E-state index contributed by atoms with van der Waals surface area (Å²) in [5.74, 6) is 0.801. The van der Waals surface area contributed by atoms with Gasteiger partial charge in [0.05, 0.1) is 10.8 Å². The predicted molar refractivity (Wildman–Crippen MR) is 97.8 cm³/mol. The molecule has 0 radical (unpaired) electrons. The van der Waals surface area contributed by atoms with Crippen LogP contribution < -0.4 is 5.32 Å². The van der Waals surface area contributed by atoms with Gasteiger partial charge in [-0.05, 0) is 38.1 Å². The average Bonchev–Trinajstić information content (AvgIpc) is 3.03. The van der Waals surface area contributed by atoms with E-state index in [9.17, 15) is 4.79 Å². The highest BCUT2D eigenvalue weighted by molar-refractivity contribution is 7.99. The van der Waals surface area contributed by atoms with E-state index in [4.69, 9.17) is 16.0 Å². The normalized spacial score (nSPS) is 10.7. The van der Waals surface area contributed by atoms with Crippen LogP contribution in [0.15, 0.2) is 46.2 Å². The molecule has 0 unspecified atom stereocenters. The number of thioether (sulfide) groups is 1. The first-order valence-electron chi connectivity index (χ1n) is 7.46. The van der Waals surface area contributed by atoms with Gasteiger partial charge in [0.15, 0.2) is 0 Å². The lowest BCUT2D eigenvalue weighted by Gasteiger charge is -2.02. The molecule has 0 fully saturated rings. The van der Waals surface area contributed by atoms with E-state index in [0.717, 1.165) is 16.7 Å². The van der Waals surface area contributed by atoms with E-state index >= 15 is 0 Å². The molecule has 8 heteroatoms. The first-order chi connectivity index (χ1) is 12.0. The van der Waals surface area contributed by atoms with Gasteiger partial charge in [-0.1, -0.05) is 40.6 Å². The summed E-state index contributed by atoms with van der Waals surface area (Å²) >= 11 is 6.92. The van der Waals surface area contributed by atoms with Crippen LogP contribution in [0, 0.1) is 13.8 Å². The molecule has 0 bridgehead atoms. The fourth-order valence-corrected chi connectivity index (χ4v) is 2.91. The second-order valence-electron chi connectivity index (χ2n) is 5.45. The van der Waals surface area contributed by atoms with Gasteiger partial charge in [-0.25, -0.2) is 4.98 Å². The molecule has 6 nitrogen and oxygen atoms in total. The molecule has 0 aliphatic rings. The van der Waals surface area contributed by atoms with Crippen molar-refractivity contribution in [2.45, 2.75) is 19.1 Å². The number of nitrogens with zero attached hydrogens (tertiary/aromatic N) is 3. The fraction of sp³-hybridized carbons (Fsp3) is 0.176. The highest BCUT2D eigenvalue weighted by atomic mass is 35.5. The van der Waals surface area contributed by atoms with Crippen LogP contribution in [0.2, 0.25) is 5.02 Å². The minimum absolute atomic E-state index is 0.138. The summed E-state index contributed by atoms with van der Waals surface area (Å²) < 4.78 is 5.62. The van der Waals surface area contributed by atoms with Gasteiger partial charge >= 0.3 is 0 Å². The van der Waals surface area contributed by atoms with Gasteiger partial charge in [0.2, 0.25) is 11.8 Å². The fourth-order valence-electron chi connectivity index (χ4n) is 2.24. The topological polar surface area (TPSA) is 80.9 Å². The monoisotopic (exact) mass is 374 g/mol. The van der Waals surface area contributed by atoms with Crippen molar-refractivity contribution < 1.29 is 9.21 Å². The zero-order valence-electron chi connectivity index (χ0n) is 13.6. The average molecular weight is 375 g/mol. The maximum Gasteiger partial charge on any atom is 0.277 e.